The third-order valence-corrected chi connectivity index (χ3v) is 4.96. The minimum Gasteiger partial charge on any atom is -0.861 e. The number of aliphatic hydroxyl groups excluding tert-OH is 2. The molecule has 0 aromatic rings. The number of aliphatic hydroxyl groups is 2. The second kappa shape index (κ2) is 10.1. The van der Waals surface area contributed by atoms with Gasteiger partial charge in [-0.1, -0.05) is 46.0 Å². The Hall–Kier alpha value is -0.660. The Kier molecular flexibility index (Phi) is 9.81. The third kappa shape index (κ3) is 7.24. The summed E-state index contributed by atoms with van der Waals surface area (Å²) in [5.41, 5.74) is -1.49. The van der Waals surface area contributed by atoms with Gasteiger partial charge in [0.2, 0.25) is 0 Å². The SMILES string of the molecule is CCCCCCCCS(=O)(=O)/N=C(\[O-])C(CC)(CO)CO. The van der Waals surface area contributed by atoms with E-state index in [1.807, 2.05) is 0 Å². The van der Waals surface area contributed by atoms with Crippen LogP contribution in [0.3, 0.4) is 0 Å². The standard InChI is InChI=1S/C14H29NO5S/c1-3-5-6-7-8-9-10-21(19,20)15-13(18)14(4-2,11-16)12-17/h16-17H,3-12H2,1-2H3,(H,15,18)/p-1. The molecule has 7 heteroatoms. The number of hydrogen-bond donors (Lipinski definition) is 2. The zero-order chi connectivity index (χ0) is 16.4. The van der Waals surface area contributed by atoms with Crippen molar-refractivity contribution in [2.45, 2.75) is 58.8 Å². The van der Waals surface area contributed by atoms with E-state index in [4.69, 9.17) is 0 Å². The Morgan fingerprint density at radius 2 is 1.57 bits per heavy atom. The summed E-state index contributed by atoms with van der Waals surface area (Å²) in [6.45, 7) is 2.47. The maximum Gasteiger partial charge on any atom is 0.252 e. The summed E-state index contributed by atoms with van der Waals surface area (Å²) in [5, 5.41) is 30.3. The third-order valence-electron chi connectivity index (χ3n) is 3.71. The predicted octanol–water partition coefficient (Wildman–Crippen LogP) is 0.817. The molecule has 21 heavy (non-hydrogen) atoms. The van der Waals surface area contributed by atoms with Gasteiger partial charge < -0.3 is 15.3 Å². The van der Waals surface area contributed by atoms with Crippen LogP contribution in [0.1, 0.15) is 58.8 Å². The summed E-state index contributed by atoms with van der Waals surface area (Å²) in [5.74, 6) is -1.12. The highest BCUT2D eigenvalue weighted by atomic mass is 32.2. The van der Waals surface area contributed by atoms with Crippen LogP contribution in [-0.2, 0) is 10.0 Å². The Balaban J connectivity index is 4.53. The highest BCUT2D eigenvalue weighted by Gasteiger charge is 2.28. The first-order valence-corrected chi connectivity index (χ1v) is 9.20. The van der Waals surface area contributed by atoms with Crippen molar-refractivity contribution >= 4 is 15.9 Å². The highest BCUT2D eigenvalue weighted by Crippen LogP contribution is 2.21. The molecule has 0 saturated carbocycles. The lowest BCUT2D eigenvalue weighted by molar-refractivity contribution is -0.235. The topological polar surface area (TPSA) is 110 Å². The predicted molar refractivity (Wildman–Crippen MR) is 81.5 cm³/mol. The normalized spacial score (nSPS) is 13.6. The van der Waals surface area contributed by atoms with Gasteiger partial charge in [0.1, 0.15) is 0 Å². The molecule has 0 saturated heterocycles. The molecule has 0 aromatic carbocycles. The van der Waals surface area contributed by atoms with Crippen molar-refractivity contribution < 1.29 is 23.7 Å². The zero-order valence-electron chi connectivity index (χ0n) is 13.0. The molecule has 0 radical (unpaired) electrons. The van der Waals surface area contributed by atoms with Crippen LogP contribution in [0.2, 0.25) is 0 Å². The molecule has 0 atom stereocenters. The lowest BCUT2D eigenvalue weighted by Crippen LogP contribution is -2.45. The van der Waals surface area contributed by atoms with Gasteiger partial charge in [-0.05, 0) is 18.7 Å². The smallest absolute Gasteiger partial charge is 0.252 e. The van der Waals surface area contributed by atoms with E-state index in [2.05, 4.69) is 11.3 Å². The van der Waals surface area contributed by atoms with Crippen LogP contribution in [0.4, 0.5) is 0 Å². The maximum absolute atomic E-state index is 11.9. The largest absolute Gasteiger partial charge is 0.861 e. The van der Waals surface area contributed by atoms with Gasteiger partial charge in [0, 0.05) is 5.41 Å². The van der Waals surface area contributed by atoms with Crippen molar-refractivity contribution in [1.82, 2.24) is 0 Å². The number of rotatable bonds is 12. The van der Waals surface area contributed by atoms with Gasteiger partial charge in [-0.2, -0.15) is 4.40 Å². The molecule has 0 amide bonds. The average molecular weight is 322 g/mol. The van der Waals surface area contributed by atoms with Gasteiger partial charge in [-0.25, -0.2) is 8.42 Å². The van der Waals surface area contributed by atoms with Crippen molar-refractivity contribution in [2.75, 3.05) is 19.0 Å². The molecule has 0 bridgehead atoms. The highest BCUT2D eigenvalue weighted by molar-refractivity contribution is 7.90. The Bertz CT molecular complexity index is 393. The van der Waals surface area contributed by atoms with Crippen molar-refractivity contribution in [3.05, 3.63) is 0 Å². The first kappa shape index (κ1) is 20.3. The number of sulfonamides is 1. The molecule has 0 spiro atoms. The molecule has 2 N–H and O–H groups in total. The summed E-state index contributed by atoms with van der Waals surface area (Å²) in [6, 6.07) is 0. The van der Waals surface area contributed by atoms with E-state index in [0.29, 0.717) is 6.42 Å². The molecule has 0 aromatic heterocycles. The summed E-state index contributed by atoms with van der Waals surface area (Å²) < 4.78 is 26.8. The molecule has 0 aliphatic heterocycles. The van der Waals surface area contributed by atoms with Crippen molar-refractivity contribution in [1.29, 1.82) is 0 Å². The van der Waals surface area contributed by atoms with Crippen LogP contribution >= 0.6 is 0 Å². The van der Waals surface area contributed by atoms with Gasteiger partial charge in [-0.15, -0.1) is 0 Å². The van der Waals surface area contributed by atoms with E-state index >= 15 is 0 Å². The van der Waals surface area contributed by atoms with Crippen molar-refractivity contribution in [3.8, 4) is 0 Å². The molecule has 6 nitrogen and oxygen atoms in total. The fourth-order valence-electron chi connectivity index (χ4n) is 1.89. The number of hydrogen-bond acceptors (Lipinski definition) is 5. The van der Waals surface area contributed by atoms with E-state index in [-0.39, 0.29) is 12.2 Å². The first-order valence-electron chi connectivity index (χ1n) is 7.59. The van der Waals surface area contributed by atoms with Gasteiger partial charge in [-0.3, -0.25) is 0 Å². The molecular formula is C14H28NO5S-. The summed E-state index contributed by atoms with van der Waals surface area (Å²) in [7, 11) is -3.83. The second-order valence-corrected chi connectivity index (χ2v) is 7.16. The van der Waals surface area contributed by atoms with E-state index in [1.165, 1.54) is 0 Å². The zero-order valence-corrected chi connectivity index (χ0v) is 13.9. The molecule has 0 aliphatic carbocycles. The Morgan fingerprint density at radius 3 is 2.05 bits per heavy atom. The van der Waals surface area contributed by atoms with Crippen LogP contribution in [0, 0.1) is 5.41 Å². The maximum atomic E-state index is 11.9. The van der Waals surface area contributed by atoms with Crippen molar-refractivity contribution in [3.63, 3.8) is 0 Å². The molecule has 0 heterocycles. The molecular weight excluding hydrogens is 294 g/mol. The van der Waals surface area contributed by atoms with E-state index in [0.717, 1.165) is 32.1 Å². The van der Waals surface area contributed by atoms with E-state index in [9.17, 15) is 23.7 Å². The van der Waals surface area contributed by atoms with Crippen molar-refractivity contribution in [2.24, 2.45) is 9.81 Å². The molecule has 0 unspecified atom stereocenters. The quantitative estimate of drug-likeness (QED) is 0.314. The first-order chi connectivity index (χ1) is 9.87. The number of nitrogens with zero attached hydrogens (tertiary/aromatic N) is 1. The lowest BCUT2D eigenvalue weighted by atomic mass is 9.87. The van der Waals surface area contributed by atoms with Crippen LogP contribution in [0.5, 0.6) is 0 Å². The molecule has 126 valence electrons. The van der Waals surface area contributed by atoms with Gasteiger partial charge in [0.25, 0.3) is 10.0 Å². The lowest BCUT2D eigenvalue weighted by Gasteiger charge is -2.33. The average Bonchev–Trinajstić information content (AvgIpc) is 2.44. The Morgan fingerprint density at radius 1 is 1.05 bits per heavy atom. The van der Waals surface area contributed by atoms with Gasteiger partial charge in [0.15, 0.2) is 0 Å². The number of unbranched alkanes of at least 4 members (excludes halogenated alkanes) is 5. The fraction of sp³-hybridized carbons (Fsp3) is 0.929. The van der Waals surface area contributed by atoms with Gasteiger partial charge >= 0.3 is 0 Å². The van der Waals surface area contributed by atoms with E-state index < -0.39 is 34.5 Å². The van der Waals surface area contributed by atoms with Gasteiger partial charge in [0.05, 0.1) is 19.0 Å². The molecule has 0 rings (SSSR count). The minimum absolute atomic E-state index is 0.134. The summed E-state index contributed by atoms with van der Waals surface area (Å²) in [4.78, 5) is 0. The van der Waals surface area contributed by atoms with Crippen LogP contribution < -0.4 is 5.11 Å². The second-order valence-electron chi connectivity index (χ2n) is 5.40. The minimum atomic E-state index is -3.83. The van der Waals surface area contributed by atoms with Crippen LogP contribution in [0.15, 0.2) is 4.40 Å². The fourth-order valence-corrected chi connectivity index (χ4v) is 3.00. The molecule has 0 fully saturated rings. The molecule has 0 aliphatic rings. The van der Waals surface area contributed by atoms with Crippen LogP contribution in [0.25, 0.3) is 0 Å². The van der Waals surface area contributed by atoms with Crippen LogP contribution in [-0.4, -0.2) is 43.5 Å². The van der Waals surface area contributed by atoms with E-state index in [1.54, 1.807) is 6.92 Å². The summed E-state index contributed by atoms with van der Waals surface area (Å²) in [6.07, 6.45) is 5.73. The monoisotopic (exact) mass is 322 g/mol. The Labute approximate surface area is 128 Å². The summed E-state index contributed by atoms with van der Waals surface area (Å²) >= 11 is 0.